The highest BCUT2D eigenvalue weighted by atomic mass is 32.2. The third-order valence-electron chi connectivity index (χ3n) is 8.12. The number of aromatic nitrogens is 2. The molecule has 7 rings (SSSR count). The van der Waals surface area contributed by atoms with Crippen molar-refractivity contribution < 1.29 is 28.6 Å². The van der Waals surface area contributed by atoms with Gasteiger partial charge in [0.05, 0.1) is 11.6 Å². The number of rotatable bonds is 11. The van der Waals surface area contributed by atoms with E-state index in [1.54, 1.807) is 66.7 Å². The van der Waals surface area contributed by atoms with Crippen LogP contribution in [-0.2, 0) is 21.9 Å². The number of Topliss-reactive ketones (excluding diaryl/α,β-unsaturated/α-hetero) is 1. The Morgan fingerprint density at radius 2 is 1.59 bits per heavy atom. The van der Waals surface area contributed by atoms with Gasteiger partial charge in [0.25, 0.3) is 5.78 Å². The minimum Gasteiger partial charge on any atom is -0.507 e. The van der Waals surface area contributed by atoms with E-state index in [2.05, 4.69) is 10.2 Å². The van der Waals surface area contributed by atoms with Crippen molar-refractivity contribution in [2.45, 2.75) is 29.7 Å². The molecule has 0 radical (unpaired) electrons. The zero-order valence-electron chi connectivity index (χ0n) is 27.2. The molecule has 1 aromatic heterocycles. The summed E-state index contributed by atoms with van der Waals surface area (Å²) in [6.07, 6.45) is 0. The molecule has 0 aliphatic carbocycles. The Kier molecular flexibility index (Phi) is 9.91. The highest BCUT2D eigenvalue weighted by Crippen LogP contribution is 2.45. The number of hydrogen-bond acceptors (Lipinski definition) is 9. The van der Waals surface area contributed by atoms with Crippen LogP contribution in [0.2, 0.25) is 0 Å². The highest BCUT2D eigenvalue weighted by Gasteiger charge is 2.48. The van der Waals surface area contributed by atoms with Gasteiger partial charge in [-0.2, -0.15) is 0 Å². The Labute approximate surface area is 301 Å². The first-order chi connectivity index (χ1) is 24.8. The summed E-state index contributed by atoms with van der Waals surface area (Å²) in [5, 5.41) is 20.4. The molecule has 0 saturated carbocycles. The number of aliphatic hydroxyl groups is 1. The fraction of sp³-hybridized carbons (Fsp3) is 0.100. The summed E-state index contributed by atoms with van der Waals surface area (Å²) in [6, 6.07) is 36.3. The summed E-state index contributed by atoms with van der Waals surface area (Å²) in [5.41, 5.74) is 3.38. The molecular weight excluding hydrogens is 686 g/mol. The van der Waals surface area contributed by atoms with E-state index in [4.69, 9.17) is 9.47 Å². The van der Waals surface area contributed by atoms with Crippen molar-refractivity contribution in [3.8, 4) is 17.2 Å². The lowest BCUT2D eigenvalue weighted by atomic mass is 9.95. The summed E-state index contributed by atoms with van der Waals surface area (Å²) in [5.74, 6) is -0.467. The lowest BCUT2D eigenvalue weighted by Gasteiger charge is -2.23. The maximum Gasteiger partial charge on any atom is 0.301 e. The summed E-state index contributed by atoms with van der Waals surface area (Å²) in [6.45, 7) is 2.38. The normalized spacial score (nSPS) is 15.3. The predicted octanol–water partition coefficient (Wildman–Crippen LogP) is 9.28. The number of carbonyl (C=O) groups excluding carboxylic acids is 2. The third kappa shape index (κ3) is 7.54. The van der Waals surface area contributed by atoms with Gasteiger partial charge in [-0.1, -0.05) is 101 Å². The van der Waals surface area contributed by atoms with Gasteiger partial charge in [0, 0.05) is 11.3 Å². The molecular formula is C40H30FN3O5S2. The Bertz CT molecular complexity index is 2240. The fourth-order valence-electron chi connectivity index (χ4n) is 5.66. The highest BCUT2D eigenvalue weighted by molar-refractivity contribution is 8.00. The van der Waals surface area contributed by atoms with Crippen LogP contribution in [0.5, 0.6) is 17.2 Å². The van der Waals surface area contributed by atoms with E-state index in [1.807, 2.05) is 61.5 Å². The number of para-hydroxylation sites is 1. The summed E-state index contributed by atoms with van der Waals surface area (Å²) in [4.78, 5) is 28.9. The average Bonchev–Trinajstić information content (AvgIpc) is 3.72. The van der Waals surface area contributed by atoms with Gasteiger partial charge in [-0.15, -0.1) is 10.2 Å². The van der Waals surface area contributed by atoms with Gasteiger partial charge < -0.3 is 14.6 Å². The zero-order valence-corrected chi connectivity index (χ0v) is 28.9. The number of halogens is 1. The number of thioether (sulfide) groups is 1. The van der Waals surface area contributed by atoms with E-state index in [-0.39, 0.29) is 22.3 Å². The molecule has 0 spiro atoms. The quantitative estimate of drug-likeness (QED) is 0.0466. The van der Waals surface area contributed by atoms with Gasteiger partial charge in [0.2, 0.25) is 5.13 Å². The Hall–Kier alpha value is -5.78. The van der Waals surface area contributed by atoms with E-state index in [1.165, 1.54) is 22.7 Å². The Morgan fingerprint density at radius 1 is 0.843 bits per heavy atom. The first-order valence-electron chi connectivity index (χ1n) is 16.0. The molecule has 8 nitrogen and oxygen atoms in total. The van der Waals surface area contributed by atoms with Crippen LogP contribution >= 0.6 is 23.1 Å². The standard InChI is InChI=1S/C40H30FN3O5S2/c1-25-9-7-10-26(21-25)23-48-30-19-17-27(18-20-30)36(45)34-35(28-12-8-15-32(22-28)49-31-13-3-2-4-14-31)44(38(47)37(34)46)39-42-43-40(51-39)50-24-29-11-5-6-16-33(29)41/h2-22,35,45H,23-24H2,1H3. The molecule has 1 saturated heterocycles. The van der Waals surface area contributed by atoms with Gasteiger partial charge in [0.1, 0.15) is 35.4 Å². The molecule has 6 aromatic rings. The molecule has 5 aromatic carbocycles. The SMILES string of the molecule is Cc1cccc(COc2ccc(C(O)=C3C(=O)C(=O)N(c4nnc(SCc5ccccc5F)s4)C3c3cccc(Oc4ccccc4)c3)cc2)c1. The molecule has 1 atom stereocenters. The number of aliphatic hydroxyl groups excluding tert-OH is 1. The molecule has 11 heteroatoms. The van der Waals surface area contributed by atoms with Crippen LogP contribution in [0.25, 0.3) is 5.76 Å². The maximum absolute atomic E-state index is 14.3. The van der Waals surface area contributed by atoms with Crippen LogP contribution in [0, 0.1) is 12.7 Å². The van der Waals surface area contributed by atoms with Gasteiger partial charge >= 0.3 is 5.91 Å². The second kappa shape index (κ2) is 15.0. The smallest absolute Gasteiger partial charge is 0.301 e. The number of ketones is 1. The lowest BCUT2D eigenvalue weighted by Crippen LogP contribution is -2.29. The number of nitrogens with zero attached hydrogens (tertiary/aromatic N) is 3. The largest absolute Gasteiger partial charge is 0.507 e. The first-order valence-corrected chi connectivity index (χ1v) is 17.8. The van der Waals surface area contributed by atoms with Crippen molar-refractivity contribution in [2.24, 2.45) is 0 Å². The monoisotopic (exact) mass is 715 g/mol. The number of hydrogen-bond donors (Lipinski definition) is 1. The van der Waals surface area contributed by atoms with E-state index >= 15 is 0 Å². The zero-order chi connectivity index (χ0) is 35.3. The van der Waals surface area contributed by atoms with E-state index in [0.717, 1.165) is 22.5 Å². The van der Waals surface area contributed by atoms with Crippen LogP contribution in [0.4, 0.5) is 9.52 Å². The number of anilines is 1. The molecule has 1 unspecified atom stereocenters. The van der Waals surface area contributed by atoms with Gasteiger partial charge in [0.15, 0.2) is 4.34 Å². The van der Waals surface area contributed by atoms with Crippen molar-refractivity contribution in [3.63, 3.8) is 0 Å². The number of carbonyl (C=O) groups is 2. The molecule has 1 amide bonds. The van der Waals surface area contributed by atoms with Gasteiger partial charge in [-0.25, -0.2) is 4.39 Å². The lowest BCUT2D eigenvalue weighted by molar-refractivity contribution is -0.132. The molecule has 0 bridgehead atoms. The summed E-state index contributed by atoms with van der Waals surface area (Å²) in [7, 11) is 0. The van der Waals surface area contributed by atoms with Crippen molar-refractivity contribution in [2.75, 3.05) is 4.90 Å². The molecule has 1 aliphatic heterocycles. The van der Waals surface area contributed by atoms with E-state index in [0.29, 0.717) is 50.6 Å². The first kappa shape index (κ1) is 33.7. The van der Waals surface area contributed by atoms with Gasteiger partial charge in [-0.3, -0.25) is 14.5 Å². The molecule has 254 valence electrons. The topological polar surface area (TPSA) is 102 Å². The maximum atomic E-state index is 14.3. The second-order valence-electron chi connectivity index (χ2n) is 11.7. The molecule has 51 heavy (non-hydrogen) atoms. The van der Waals surface area contributed by atoms with E-state index < -0.39 is 17.7 Å². The molecule has 2 heterocycles. The minimum absolute atomic E-state index is 0.110. The average molecular weight is 716 g/mol. The Balaban J connectivity index is 1.22. The fourth-order valence-corrected chi connectivity index (χ4v) is 7.52. The van der Waals surface area contributed by atoms with Crippen molar-refractivity contribution >= 4 is 45.7 Å². The number of benzene rings is 5. The molecule has 1 aliphatic rings. The number of amides is 1. The number of ether oxygens (including phenoxy) is 2. The number of aryl methyl sites for hydroxylation is 1. The van der Waals surface area contributed by atoms with Crippen molar-refractivity contribution in [3.05, 3.63) is 167 Å². The predicted molar refractivity (Wildman–Crippen MR) is 196 cm³/mol. The summed E-state index contributed by atoms with van der Waals surface area (Å²) >= 11 is 2.37. The summed E-state index contributed by atoms with van der Waals surface area (Å²) < 4.78 is 26.8. The van der Waals surface area contributed by atoms with Crippen LogP contribution < -0.4 is 14.4 Å². The van der Waals surface area contributed by atoms with Crippen LogP contribution in [-0.4, -0.2) is 27.0 Å². The van der Waals surface area contributed by atoms with Crippen LogP contribution in [0.3, 0.4) is 0 Å². The second-order valence-corrected chi connectivity index (χ2v) is 13.9. The van der Waals surface area contributed by atoms with Crippen LogP contribution in [0.1, 0.15) is 33.9 Å². The van der Waals surface area contributed by atoms with Crippen molar-refractivity contribution in [1.29, 1.82) is 0 Å². The molecule has 1 fully saturated rings. The molecule has 1 N–H and O–H groups in total. The van der Waals surface area contributed by atoms with Crippen molar-refractivity contribution in [1.82, 2.24) is 10.2 Å². The van der Waals surface area contributed by atoms with Crippen LogP contribution in [0.15, 0.2) is 137 Å². The van der Waals surface area contributed by atoms with Gasteiger partial charge in [-0.05, 0) is 78.2 Å². The third-order valence-corrected chi connectivity index (χ3v) is 10.2. The Morgan fingerprint density at radius 3 is 2.37 bits per heavy atom. The van der Waals surface area contributed by atoms with E-state index in [9.17, 15) is 19.1 Å². The minimum atomic E-state index is -1.06.